The van der Waals surface area contributed by atoms with Crippen LogP contribution in [0.4, 0.5) is 0 Å². The Labute approximate surface area is 189 Å². The molecule has 0 aromatic heterocycles. The minimum Gasteiger partial charge on any atom is -0.480 e. The number of hydrogen-bond donors (Lipinski definition) is 0. The minimum atomic E-state index is -0.494. The summed E-state index contributed by atoms with van der Waals surface area (Å²) in [5.41, 5.74) is 2.87. The molecule has 2 aromatic rings. The van der Waals surface area contributed by atoms with Gasteiger partial charge in [0.25, 0.3) is 0 Å². The van der Waals surface area contributed by atoms with Gasteiger partial charge in [-0.3, -0.25) is 0 Å². The number of ether oxygens (including phenoxy) is 3. The Hall–Kier alpha value is -1.95. The van der Waals surface area contributed by atoms with Gasteiger partial charge >= 0.3 is 11.9 Å². The number of carbonyl (C=O) groups is 2. The first-order valence-electron chi connectivity index (χ1n) is 8.15. The van der Waals surface area contributed by atoms with E-state index in [1.165, 1.54) is 7.11 Å². The summed E-state index contributed by atoms with van der Waals surface area (Å²) in [4.78, 5) is 27.8. The average molecular weight is 603 g/mol. The standard InChI is InChI=1S/C20H15I2NO5/c1-11-3-5-13(6-4-11)19-23-16(20(25)28-19)9-12-7-14(21)18(15(22)8-12)27-10-17(24)26-2/h3-9H,10H2,1-2H3/b16-9-. The van der Waals surface area contributed by atoms with E-state index in [0.29, 0.717) is 11.6 Å². The molecule has 2 aromatic carbocycles. The van der Waals surface area contributed by atoms with Crippen LogP contribution in [0, 0.1) is 14.1 Å². The summed E-state index contributed by atoms with van der Waals surface area (Å²) < 4.78 is 17.0. The molecule has 0 N–H and O–H groups in total. The Morgan fingerprint density at radius 2 is 1.82 bits per heavy atom. The summed E-state index contributed by atoms with van der Waals surface area (Å²) in [7, 11) is 1.31. The van der Waals surface area contributed by atoms with Crippen LogP contribution in [0.15, 0.2) is 47.1 Å². The van der Waals surface area contributed by atoms with Crippen molar-refractivity contribution < 1.29 is 23.8 Å². The molecule has 8 heteroatoms. The Morgan fingerprint density at radius 1 is 1.18 bits per heavy atom. The monoisotopic (exact) mass is 603 g/mol. The number of nitrogens with zero attached hydrogens (tertiary/aromatic N) is 1. The van der Waals surface area contributed by atoms with Crippen LogP contribution in [0.3, 0.4) is 0 Å². The maximum atomic E-state index is 12.2. The van der Waals surface area contributed by atoms with E-state index in [2.05, 4.69) is 54.9 Å². The molecule has 0 amide bonds. The van der Waals surface area contributed by atoms with Gasteiger partial charge in [0.1, 0.15) is 5.75 Å². The van der Waals surface area contributed by atoms with Gasteiger partial charge in [-0.05, 0) is 88.0 Å². The third-order valence-corrected chi connectivity index (χ3v) is 5.41. The Balaban J connectivity index is 1.85. The van der Waals surface area contributed by atoms with Crippen molar-refractivity contribution in [3.8, 4) is 5.75 Å². The Kier molecular flexibility index (Phi) is 6.70. The molecular formula is C20H15I2NO5. The summed E-state index contributed by atoms with van der Waals surface area (Å²) in [6.45, 7) is 1.82. The lowest BCUT2D eigenvalue weighted by atomic mass is 10.1. The third-order valence-electron chi connectivity index (χ3n) is 3.81. The molecule has 0 unspecified atom stereocenters. The summed E-state index contributed by atoms with van der Waals surface area (Å²) in [6, 6.07) is 11.3. The van der Waals surface area contributed by atoms with E-state index >= 15 is 0 Å². The van der Waals surface area contributed by atoms with Crippen molar-refractivity contribution in [3.63, 3.8) is 0 Å². The number of aryl methyl sites for hydroxylation is 1. The van der Waals surface area contributed by atoms with Crippen LogP contribution >= 0.6 is 45.2 Å². The lowest BCUT2D eigenvalue weighted by Crippen LogP contribution is -2.13. The van der Waals surface area contributed by atoms with Gasteiger partial charge in [-0.15, -0.1) is 0 Å². The largest absolute Gasteiger partial charge is 0.480 e. The zero-order valence-electron chi connectivity index (χ0n) is 15.0. The SMILES string of the molecule is COC(=O)COc1c(I)cc(/C=C2\N=C(c3ccc(C)cc3)OC2=O)cc1I. The Bertz CT molecular complexity index is 973. The van der Waals surface area contributed by atoms with Gasteiger partial charge in [-0.25, -0.2) is 14.6 Å². The number of methoxy groups -OCH3 is 1. The van der Waals surface area contributed by atoms with Crippen LogP contribution in [-0.4, -0.2) is 31.6 Å². The van der Waals surface area contributed by atoms with E-state index in [1.807, 2.05) is 43.3 Å². The zero-order valence-corrected chi connectivity index (χ0v) is 19.3. The van der Waals surface area contributed by atoms with Gasteiger partial charge in [-0.1, -0.05) is 17.7 Å². The van der Waals surface area contributed by atoms with Crippen molar-refractivity contribution in [2.45, 2.75) is 6.92 Å². The van der Waals surface area contributed by atoms with Crippen LogP contribution in [0.1, 0.15) is 16.7 Å². The quantitative estimate of drug-likeness (QED) is 0.293. The second kappa shape index (κ2) is 9.03. The lowest BCUT2D eigenvalue weighted by molar-refractivity contribution is -0.143. The highest BCUT2D eigenvalue weighted by molar-refractivity contribution is 14.1. The highest BCUT2D eigenvalue weighted by Gasteiger charge is 2.24. The molecule has 0 spiro atoms. The van der Waals surface area contributed by atoms with E-state index < -0.39 is 11.9 Å². The molecule has 0 saturated heterocycles. The predicted molar refractivity (Wildman–Crippen MR) is 121 cm³/mol. The van der Waals surface area contributed by atoms with Crippen LogP contribution in [-0.2, 0) is 19.1 Å². The highest BCUT2D eigenvalue weighted by Crippen LogP contribution is 2.30. The van der Waals surface area contributed by atoms with Crippen molar-refractivity contribution in [1.82, 2.24) is 0 Å². The van der Waals surface area contributed by atoms with Gasteiger partial charge < -0.3 is 14.2 Å². The van der Waals surface area contributed by atoms with E-state index in [0.717, 1.165) is 23.8 Å². The molecular weight excluding hydrogens is 588 g/mol. The summed E-state index contributed by atoms with van der Waals surface area (Å²) in [5, 5.41) is 0. The van der Waals surface area contributed by atoms with Crippen LogP contribution in [0.5, 0.6) is 5.75 Å². The first-order chi connectivity index (χ1) is 13.4. The van der Waals surface area contributed by atoms with Crippen molar-refractivity contribution in [3.05, 3.63) is 65.9 Å². The molecule has 1 aliphatic rings. The third kappa shape index (κ3) is 4.90. The molecule has 28 heavy (non-hydrogen) atoms. The van der Waals surface area contributed by atoms with Crippen molar-refractivity contribution in [2.75, 3.05) is 13.7 Å². The number of halogens is 2. The number of cyclic esters (lactones) is 1. The number of carbonyl (C=O) groups excluding carboxylic acids is 2. The maximum Gasteiger partial charge on any atom is 0.363 e. The molecule has 6 nitrogen and oxygen atoms in total. The fraction of sp³-hybridized carbons (Fsp3) is 0.150. The maximum absolute atomic E-state index is 12.2. The van der Waals surface area contributed by atoms with E-state index in [-0.39, 0.29) is 12.3 Å². The summed E-state index contributed by atoms with van der Waals surface area (Å²) in [5.74, 6) is -0.0682. The first-order valence-corrected chi connectivity index (χ1v) is 10.3. The predicted octanol–water partition coefficient (Wildman–Crippen LogP) is 4.10. The van der Waals surface area contributed by atoms with Crippen LogP contribution < -0.4 is 4.74 Å². The molecule has 0 radical (unpaired) electrons. The molecule has 3 rings (SSSR count). The van der Waals surface area contributed by atoms with Gasteiger partial charge in [0.15, 0.2) is 12.3 Å². The number of hydrogen-bond acceptors (Lipinski definition) is 6. The lowest BCUT2D eigenvalue weighted by Gasteiger charge is -2.10. The van der Waals surface area contributed by atoms with Crippen LogP contribution in [0.25, 0.3) is 6.08 Å². The molecule has 144 valence electrons. The van der Waals surface area contributed by atoms with Crippen LogP contribution in [0.2, 0.25) is 0 Å². The van der Waals surface area contributed by atoms with Gasteiger partial charge in [0, 0.05) is 5.56 Å². The van der Waals surface area contributed by atoms with Gasteiger partial charge in [0.05, 0.1) is 14.3 Å². The smallest absolute Gasteiger partial charge is 0.363 e. The number of esters is 2. The number of benzene rings is 2. The first kappa shape index (κ1) is 20.8. The fourth-order valence-electron chi connectivity index (χ4n) is 2.38. The molecule has 1 heterocycles. The second-order valence-electron chi connectivity index (χ2n) is 5.88. The highest BCUT2D eigenvalue weighted by atomic mass is 127. The second-order valence-corrected chi connectivity index (χ2v) is 8.20. The summed E-state index contributed by atoms with van der Waals surface area (Å²) in [6.07, 6.45) is 1.66. The molecule has 0 saturated carbocycles. The molecule has 1 aliphatic heterocycles. The number of rotatable bonds is 5. The van der Waals surface area contributed by atoms with Gasteiger partial charge in [0.2, 0.25) is 5.90 Å². The van der Waals surface area contributed by atoms with E-state index in [9.17, 15) is 9.59 Å². The zero-order chi connectivity index (χ0) is 20.3. The molecule has 0 bridgehead atoms. The van der Waals surface area contributed by atoms with Crippen molar-refractivity contribution >= 4 is 69.1 Å². The molecule has 0 atom stereocenters. The topological polar surface area (TPSA) is 74.2 Å². The van der Waals surface area contributed by atoms with Crippen molar-refractivity contribution in [1.29, 1.82) is 0 Å². The average Bonchev–Trinajstić information content (AvgIpc) is 3.01. The van der Waals surface area contributed by atoms with Gasteiger partial charge in [-0.2, -0.15) is 0 Å². The molecule has 0 aliphatic carbocycles. The number of aliphatic imine (C=N–C) groups is 1. The van der Waals surface area contributed by atoms with Crippen molar-refractivity contribution in [2.24, 2.45) is 4.99 Å². The minimum absolute atomic E-state index is 0.167. The van der Waals surface area contributed by atoms with E-state index in [4.69, 9.17) is 9.47 Å². The summed E-state index contributed by atoms with van der Waals surface area (Å²) >= 11 is 4.23. The molecule has 0 fully saturated rings. The van der Waals surface area contributed by atoms with E-state index in [1.54, 1.807) is 6.08 Å². The Morgan fingerprint density at radius 3 is 2.43 bits per heavy atom. The fourth-order valence-corrected chi connectivity index (χ4v) is 4.51. The normalized spacial score (nSPS) is 14.6.